The maximum absolute atomic E-state index is 9.64. The summed E-state index contributed by atoms with van der Waals surface area (Å²) in [7, 11) is 1.71. The molecule has 2 atom stereocenters. The van der Waals surface area contributed by atoms with Crippen LogP contribution in [0.15, 0.2) is 0 Å². The molecular weight excluding hydrogens is 190 g/mol. The molecule has 3 nitrogen and oxygen atoms in total. The molecule has 1 aliphatic carbocycles. The molecule has 2 N–H and O–H groups in total. The third-order valence-corrected chi connectivity index (χ3v) is 3.77. The predicted molar refractivity (Wildman–Crippen MR) is 61.9 cm³/mol. The summed E-state index contributed by atoms with van der Waals surface area (Å²) < 4.78 is 5.05. The third kappa shape index (κ3) is 3.16. The van der Waals surface area contributed by atoms with Gasteiger partial charge >= 0.3 is 0 Å². The summed E-state index contributed by atoms with van der Waals surface area (Å²) >= 11 is 0. The fourth-order valence-corrected chi connectivity index (χ4v) is 2.81. The molecule has 0 radical (unpaired) electrons. The summed E-state index contributed by atoms with van der Waals surface area (Å²) in [4.78, 5) is 0. The Bertz CT molecular complexity index is 175. The van der Waals surface area contributed by atoms with Crippen molar-refractivity contribution in [3.63, 3.8) is 0 Å². The van der Waals surface area contributed by atoms with Gasteiger partial charge < -0.3 is 15.2 Å². The summed E-state index contributed by atoms with van der Waals surface area (Å²) in [6, 6.07) is 0. The summed E-state index contributed by atoms with van der Waals surface area (Å²) in [5, 5.41) is 13.2. The molecule has 1 aliphatic rings. The quantitative estimate of drug-likeness (QED) is 0.661. The molecule has 0 aromatic heterocycles. The molecule has 0 aromatic rings. The van der Waals surface area contributed by atoms with Crippen LogP contribution in [0.3, 0.4) is 0 Å². The number of aliphatic hydroxyl groups excluding tert-OH is 1. The monoisotopic (exact) mass is 215 g/mol. The van der Waals surface area contributed by atoms with E-state index in [-0.39, 0.29) is 12.1 Å². The lowest BCUT2D eigenvalue weighted by Gasteiger charge is -2.43. The van der Waals surface area contributed by atoms with Crippen LogP contribution in [0.2, 0.25) is 0 Å². The van der Waals surface area contributed by atoms with E-state index in [2.05, 4.69) is 12.2 Å². The molecule has 90 valence electrons. The van der Waals surface area contributed by atoms with E-state index in [1.165, 1.54) is 19.3 Å². The van der Waals surface area contributed by atoms with Crippen molar-refractivity contribution in [2.45, 2.75) is 44.6 Å². The minimum Gasteiger partial charge on any atom is -0.394 e. The van der Waals surface area contributed by atoms with E-state index < -0.39 is 0 Å². The molecule has 15 heavy (non-hydrogen) atoms. The third-order valence-electron chi connectivity index (χ3n) is 3.77. The number of rotatable bonds is 6. The van der Waals surface area contributed by atoms with Crippen molar-refractivity contribution in [3.8, 4) is 0 Å². The van der Waals surface area contributed by atoms with Gasteiger partial charge in [-0.05, 0) is 18.8 Å². The van der Waals surface area contributed by atoms with Gasteiger partial charge in [0.05, 0.1) is 13.2 Å². The van der Waals surface area contributed by atoms with Gasteiger partial charge in [-0.25, -0.2) is 0 Å². The summed E-state index contributed by atoms with van der Waals surface area (Å²) in [5.74, 6) is 0.619. The van der Waals surface area contributed by atoms with Gasteiger partial charge in [0.1, 0.15) is 0 Å². The first-order valence-corrected chi connectivity index (χ1v) is 6.14. The minimum absolute atomic E-state index is 0.0362. The molecule has 1 saturated carbocycles. The molecule has 1 fully saturated rings. The van der Waals surface area contributed by atoms with Gasteiger partial charge in [-0.3, -0.25) is 0 Å². The van der Waals surface area contributed by atoms with Gasteiger partial charge in [-0.15, -0.1) is 0 Å². The molecule has 0 spiro atoms. The number of hydrogen-bond acceptors (Lipinski definition) is 3. The van der Waals surface area contributed by atoms with Gasteiger partial charge in [-0.1, -0.05) is 26.2 Å². The van der Waals surface area contributed by atoms with E-state index in [1.807, 2.05) is 0 Å². The van der Waals surface area contributed by atoms with Gasteiger partial charge in [-0.2, -0.15) is 0 Å². The van der Waals surface area contributed by atoms with Crippen LogP contribution in [0.4, 0.5) is 0 Å². The first-order chi connectivity index (χ1) is 7.29. The Labute approximate surface area is 93.2 Å². The Balaban J connectivity index is 2.53. The zero-order valence-corrected chi connectivity index (χ0v) is 10.1. The highest BCUT2D eigenvalue weighted by Gasteiger charge is 2.38. The Morgan fingerprint density at radius 2 is 2.27 bits per heavy atom. The summed E-state index contributed by atoms with van der Waals surface area (Å²) in [5.41, 5.74) is -0.0362. The lowest BCUT2D eigenvalue weighted by atomic mass is 9.72. The zero-order valence-electron chi connectivity index (χ0n) is 10.1. The first-order valence-electron chi connectivity index (χ1n) is 6.14. The highest BCUT2D eigenvalue weighted by atomic mass is 16.5. The van der Waals surface area contributed by atoms with E-state index in [4.69, 9.17) is 4.74 Å². The number of ether oxygens (including phenoxy) is 1. The highest BCUT2D eigenvalue weighted by Crippen LogP contribution is 2.35. The average molecular weight is 215 g/mol. The van der Waals surface area contributed by atoms with Crippen LogP contribution < -0.4 is 5.32 Å². The maximum atomic E-state index is 9.64. The van der Waals surface area contributed by atoms with E-state index in [0.29, 0.717) is 5.92 Å². The van der Waals surface area contributed by atoms with Crippen molar-refractivity contribution in [1.82, 2.24) is 5.32 Å². The normalized spacial score (nSPS) is 31.8. The number of aliphatic hydroxyl groups is 1. The largest absolute Gasteiger partial charge is 0.394 e. The standard InChI is InChI=1S/C12H25NO2/c1-3-11-6-4-5-7-12(11,10-14)13-8-9-15-2/h11,13-14H,3-10H2,1-2H3. The molecule has 0 heterocycles. The predicted octanol–water partition coefficient (Wildman–Crippen LogP) is 1.55. The Kier molecular flexibility index (Phi) is 5.58. The second-order valence-electron chi connectivity index (χ2n) is 4.58. The lowest BCUT2D eigenvalue weighted by molar-refractivity contribution is 0.0566. The van der Waals surface area contributed by atoms with Crippen molar-refractivity contribution in [2.24, 2.45) is 5.92 Å². The van der Waals surface area contributed by atoms with Crippen molar-refractivity contribution in [1.29, 1.82) is 0 Å². The smallest absolute Gasteiger partial charge is 0.0616 e. The van der Waals surface area contributed by atoms with Crippen LogP contribution in [0.25, 0.3) is 0 Å². The van der Waals surface area contributed by atoms with Crippen molar-refractivity contribution in [3.05, 3.63) is 0 Å². The molecule has 3 heteroatoms. The molecule has 0 amide bonds. The van der Waals surface area contributed by atoms with E-state index in [9.17, 15) is 5.11 Å². The summed E-state index contributed by atoms with van der Waals surface area (Å²) in [6.07, 6.45) is 6.05. The molecule has 1 rings (SSSR count). The molecule has 0 bridgehead atoms. The lowest BCUT2D eigenvalue weighted by Crippen LogP contribution is -2.56. The molecule has 0 aromatic carbocycles. The van der Waals surface area contributed by atoms with E-state index in [0.717, 1.165) is 26.0 Å². The zero-order chi connectivity index (χ0) is 11.1. The van der Waals surface area contributed by atoms with Crippen LogP contribution in [0, 0.1) is 5.92 Å². The summed E-state index contributed by atoms with van der Waals surface area (Å²) in [6.45, 7) is 4.04. The fourth-order valence-electron chi connectivity index (χ4n) is 2.81. The van der Waals surface area contributed by atoms with Crippen molar-refractivity contribution >= 4 is 0 Å². The van der Waals surface area contributed by atoms with Crippen molar-refractivity contribution < 1.29 is 9.84 Å². The van der Waals surface area contributed by atoms with E-state index >= 15 is 0 Å². The Hall–Kier alpha value is -0.120. The van der Waals surface area contributed by atoms with Crippen LogP contribution in [0.5, 0.6) is 0 Å². The number of methoxy groups -OCH3 is 1. The topological polar surface area (TPSA) is 41.5 Å². The van der Waals surface area contributed by atoms with Crippen LogP contribution in [-0.4, -0.2) is 37.5 Å². The molecule has 2 unspecified atom stereocenters. The fraction of sp³-hybridized carbons (Fsp3) is 1.00. The minimum atomic E-state index is -0.0362. The number of nitrogens with one attached hydrogen (secondary N) is 1. The first kappa shape index (κ1) is 12.9. The van der Waals surface area contributed by atoms with Crippen LogP contribution >= 0.6 is 0 Å². The maximum Gasteiger partial charge on any atom is 0.0616 e. The van der Waals surface area contributed by atoms with Crippen molar-refractivity contribution in [2.75, 3.05) is 26.9 Å². The second kappa shape index (κ2) is 6.46. The van der Waals surface area contributed by atoms with Crippen LogP contribution in [0.1, 0.15) is 39.0 Å². The van der Waals surface area contributed by atoms with Gasteiger partial charge in [0.25, 0.3) is 0 Å². The second-order valence-corrected chi connectivity index (χ2v) is 4.58. The van der Waals surface area contributed by atoms with Gasteiger partial charge in [0, 0.05) is 19.2 Å². The molecular formula is C12H25NO2. The van der Waals surface area contributed by atoms with E-state index in [1.54, 1.807) is 7.11 Å². The van der Waals surface area contributed by atoms with Gasteiger partial charge in [0.15, 0.2) is 0 Å². The number of hydrogen-bond donors (Lipinski definition) is 2. The SMILES string of the molecule is CCC1CCCCC1(CO)NCCOC. The van der Waals surface area contributed by atoms with Crippen LogP contribution in [-0.2, 0) is 4.74 Å². The molecule has 0 aliphatic heterocycles. The van der Waals surface area contributed by atoms with Gasteiger partial charge in [0.2, 0.25) is 0 Å². The molecule has 0 saturated heterocycles. The highest BCUT2D eigenvalue weighted by molar-refractivity contribution is 4.96. The average Bonchev–Trinajstić information content (AvgIpc) is 2.30. The Morgan fingerprint density at radius 1 is 1.47 bits per heavy atom. The Morgan fingerprint density at radius 3 is 2.87 bits per heavy atom.